The zero-order chi connectivity index (χ0) is 13.9. The summed E-state index contributed by atoms with van der Waals surface area (Å²) in [6, 6.07) is 0. The lowest BCUT2D eigenvalue weighted by Gasteiger charge is -2.26. The Labute approximate surface area is 117 Å². The fraction of sp³-hybridized carbons (Fsp3) is 0.944. The van der Waals surface area contributed by atoms with E-state index < -0.39 is 0 Å². The van der Waals surface area contributed by atoms with Crippen molar-refractivity contribution in [3.8, 4) is 0 Å². The standard InChI is InChI=1S/C18H37/c1-6-7-8-9-10-11-12-13-14-15-18(4,5)16-17(2)3/h14,17H,6-13,15-16H2,1-5H3. The van der Waals surface area contributed by atoms with Crippen LogP contribution in [0.5, 0.6) is 0 Å². The molecule has 0 atom stereocenters. The Kier molecular flexibility index (Phi) is 10.9. The number of unbranched alkanes of at least 4 members (excludes halogenated alkanes) is 8. The van der Waals surface area contributed by atoms with Gasteiger partial charge in [0.05, 0.1) is 0 Å². The van der Waals surface area contributed by atoms with Gasteiger partial charge in [0, 0.05) is 0 Å². The van der Waals surface area contributed by atoms with Crippen LogP contribution in [0.4, 0.5) is 0 Å². The highest BCUT2D eigenvalue weighted by molar-refractivity contribution is 4.78. The molecule has 0 aliphatic carbocycles. The third-order valence-electron chi connectivity index (χ3n) is 3.67. The molecule has 0 nitrogen and oxygen atoms in total. The van der Waals surface area contributed by atoms with Crippen LogP contribution in [0.15, 0.2) is 0 Å². The van der Waals surface area contributed by atoms with Gasteiger partial charge >= 0.3 is 0 Å². The van der Waals surface area contributed by atoms with Crippen molar-refractivity contribution in [3.05, 3.63) is 6.42 Å². The topological polar surface area (TPSA) is 0 Å². The fourth-order valence-electron chi connectivity index (χ4n) is 2.93. The largest absolute Gasteiger partial charge is 0.0654 e. The van der Waals surface area contributed by atoms with Crippen LogP contribution in [0.1, 0.15) is 98.8 Å². The van der Waals surface area contributed by atoms with Crippen molar-refractivity contribution in [1.82, 2.24) is 0 Å². The van der Waals surface area contributed by atoms with E-state index in [1.165, 1.54) is 64.2 Å². The van der Waals surface area contributed by atoms with Crippen molar-refractivity contribution >= 4 is 0 Å². The monoisotopic (exact) mass is 253 g/mol. The van der Waals surface area contributed by atoms with Crippen LogP contribution in [0.2, 0.25) is 0 Å². The van der Waals surface area contributed by atoms with E-state index in [4.69, 9.17) is 0 Å². The van der Waals surface area contributed by atoms with Gasteiger partial charge in [0.25, 0.3) is 0 Å². The number of rotatable bonds is 12. The Balaban J connectivity index is 3.29. The Hall–Kier alpha value is 0. The average Bonchev–Trinajstić information content (AvgIpc) is 2.25. The molecule has 0 rings (SSSR count). The lowest BCUT2D eigenvalue weighted by atomic mass is 9.79. The Morgan fingerprint density at radius 2 is 1.44 bits per heavy atom. The highest BCUT2D eigenvalue weighted by atomic mass is 14.2. The first kappa shape index (κ1) is 18.0. The van der Waals surface area contributed by atoms with Crippen LogP contribution in [-0.4, -0.2) is 0 Å². The molecule has 0 saturated carbocycles. The van der Waals surface area contributed by atoms with Crippen LogP contribution in [0.3, 0.4) is 0 Å². The second-order valence-electron chi connectivity index (χ2n) is 7.16. The Bertz CT molecular complexity index is 167. The van der Waals surface area contributed by atoms with Gasteiger partial charge in [-0.3, -0.25) is 0 Å². The minimum absolute atomic E-state index is 0.509. The molecule has 0 aliphatic heterocycles. The third kappa shape index (κ3) is 12.5. The van der Waals surface area contributed by atoms with Crippen molar-refractivity contribution in [2.45, 2.75) is 98.8 Å². The van der Waals surface area contributed by atoms with E-state index in [0.717, 1.165) is 5.92 Å². The van der Waals surface area contributed by atoms with Crippen molar-refractivity contribution in [3.63, 3.8) is 0 Å². The van der Waals surface area contributed by atoms with Gasteiger partial charge in [-0.15, -0.1) is 0 Å². The summed E-state index contributed by atoms with van der Waals surface area (Å²) in [5, 5.41) is 0. The molecule has 0 aromatic heterocycles. The van der Waals surface area contributed by atoms with Gasteiger partial charge in [-0.1, -0.05) is 86.0 Å². The first-order chi connectivity index (χ1) is 8.48. The molecule has 0 heterocycles. The summed E-state index contributed by atoms with van der Waals surface area (Å²) in [5.41, 5.74) is 0.509. The smallest absolute Gasteiger partial charge is 0.0349 e. The molecule has 0 unspecified atom stereocenters. The lowest BCUT2D eigenvalue weighted by Crippen LogP contribution is -2.14. The summed E-state index contributed by atoms with van der Waals surface area (Å²) < 4.78 is 0. The second-order valence-corrected chi connectivity index (χ2v) is 7.16. The molecular formula is C18H37. The Morgan fingerprint density at radius 3 is 2.00 bits per heavy atom. The fourth-order valence-corrected chi connectivity index (χ4v) is 2.93. The van der Waals surface area contributed by atoms with E-state index in [-0.39, 0.29) is 0 Å². The van der Waals surface area contributed by atoms with E-state index in [0.29, 0.717) is 5.41 Å². The van der Waals surface area contributed by atoms with Crippen LogP contribution in [0.25, 0.3) is 0 Å². The summed E-state index contributed by atoms with van der Waals surface area (Å²) in [7, 11) is 0. The molecule has 0 spiro atoms. The van der Waals surface area contributed by atoms with Gasteiger partial charge in [0.2, 0.25) is 0 Å². The predicted octanol–water partition coefficient (Wildman–Crippen LogP) is 6.79. The van der Waals surface area contributed by atoms with E-state index in [1.54, 1.807) is 0 Å². The molecule has 0 aliphatic rings. The van der Waals surface area contributed by atoms with Crippen LogP contribution in [0, 0.1) is 17.8 Å². The molecule has 0 N–H and O–H groups in total. The molecule has 0 aromatic rings. The zero-order valence-electron chi connectivity index (χ0n) is 13.7. The van der Waals surface area contributed by atoms with Crippen LogP contribution in [-0.2, 0) is 0 Å². The molecule has 0 aromatic carbocycles. The molecule has 109 valence electrons. The summed E-state index contributed by atoms with van der Waals surface area (Å²) >= 11 is 0. The van der Waals surface area contributed by atoms with E-state index in [1.807, 2.05) is 0 Å². The third-order valence-corrected chi connectivity index (χ3v) is 3.67. The van der Waals surface area contributed by atoms with Gasteiger partial charge in [-0.25, -0.2) is 0 Å². The van der Waals surface area contributed by atoms with Gasteiger partial charge in [0.15, 0.2) is 0 Å². The molecule has 0 bridgehead atoms. The molecule has 1 radical (unpaired) electrons. The summed E-state index contributed by atoms with van der Waals surface area (Å²) in [4.78, 5) is 0. The molecule has 0 saturated heterocycles. The summed E-state index contributed by atoms with van der Waals surface area (Å²) in [6.45, 7) is 11.8. The SMILES string of the molecule is CCCCCCCCC[CH]CC(C)(C)CC(C)C. The van der Waals surface area contributed by atoms with Crippen molar-refractivity contribution in [2.75, 3.05) is 0 Å². The van der Waals surface area contributed by atoms with E-state index in [2.05, 4.69) is 41.0 Å². The second kappa shape index (κ2) is 10.9. The highest BCUT2D eigenvalue weighted by Crippen LogP contribution is 2.30. The molecule has 0 fully saturated rings. The molecule has 0 heteroatoms. The minimum atomic E-state index is 0.509. The van der Waals surface area contributed by atoms with Crippen molar-refractivity contribution in [1.29, 1.82) is 0 Å². The predicted molar refractivity (Wildman–Crippen MR) is 84.8 cm³/mol. The Morgan fingerprint density at radius 1 is 0.889 bits per heavy atom. The van der Waals surface area contributed by atoms with Crippen molar-refractivity contribution < 1.29 is 0 Å². The summed E-state index contributed by atoms with van der Waals surface area (Å²) in [5.74, 6) is 0.826. The highest BCUT2D eigenvalue weighted by Gasteiger charge is 2.18. The van der Waals surface area contributed by atoms with Gasteiger partial charge in [-0.2, -0.15) is 0 Å². The number of hydrogen-bond acceptors (Lipinski definition) is 0. The maximum absolute atomic E-state index is 2.54. The van der Waals surface area contributed by atoms with Gasteiger partial charge < -0.3 is 0 Å². The minimum Gasteiger partial charge on any atom is -0.0654 e. The maximum Gasteiger partial charge on any atom is -0.0349 e. The first-order valence-electron chi connectivity index (χ1n) is 8.29. The van der Waals surface area contributed by atoms with E-state index >= 15 is 0 Å². The summed E-state index contributed by atoms with van der Waals surface area (Å²) in [6.07, 6.45) is 16.5. The first-order valence-corrected chi connectivity index (χ1v) is 8.29. The maximum atomic E-state index is 2.54. The molecule has 0 amide bonds. The van der Waals surface area contributed by atoms with Gasteiger partial charge in [-0.05, 0) is 30.6 Å². The van der Waals surface area contributed by atoms with Crippen LogP contribution < -0.4 is 0 Å². The average molecular weight is 253 g/mol. The number of hydrogen-bond donors (Lipinski definition) is 0. The normalized spacial score (nSPS) is 12.3. The zero-order valence-corrected chi connectivity index (χ0v) is 13.7. The molecular weight excluding hydrogens is 216 g/mol. The quantitative estimate of drug-likeness (QED) is 0.336. The van der Waals surface area contributed by atoms with Crippen LogP contribution >= 0.6 is 0 Å². The van der Waals surface area contributed by atoms with E-state index in [9.17, 15) is 0 Å². The van der Waals surface area contributed by atoms with Gasteiger partial charge in [0.1, 0.15) is 0 Å². The lowest BCUT2D eigenvalue weighted by molar-refractivity contribution is 0.280. The molecule has 18 heavy (non-hydrogen) atoms. The van der Waals surface area contributed by atoms with Crippen molar-refractivity contribution in [2.24, 2.45) is 11.3 Å².